The number of amides is 4. The number of fused-ring (bicyclic) bond motifs is 1. The van der Waals surface area contributed by atoms with Crippen LogP contribution in [0.2, 0.25) is 0 Å². The van der Waals surface area contributed by atoms with Crippen molar-refractivity contribution >= 4 is 57.9 Å². The van der Waals surface area contributed by atoms with E-state index in [-0.39, 0.29) is 37.2 Å². The van der Waals surface area contributed by atoms with Crippen molar-refractivity contribution in [3.8, 4) is 5.75 Å². The lowest BCUT2D eigenvalue weighted by molar-refractivity contribution is -0.143. The van der Waals surface area contributed by atoms with Gasteiger partial charge in [-0.05, 0) is 51.1 Å². The molecule has 252 valence electrons. The number of hydrogen-bond donors (Lipinski definition) is 4. The van der Waals surface area contributed by atoms with Crippen LogP contribution in [-0.2, 0) is 25.6 Å². The Labute approximate surface area is 284 Å². The summed E-state index contributed by atoms with van der Waals surface area (Å²) >= 11 is 2.88. The summed E-state index contributed by atoms with van der Waals surface area (Å²) in [6.45, 7) is 5.35. The number of nitrogens with one attached hydrogen (secondary N) is 3. The molecule has 1 fully saturated rings. The summed E-state index contributed by atoms with van der Waals surface area (Å²) < 4.78 is 5.79. The predicted octanol–water partition coefficient (Wildman–Crippen LogP) is 2.76. The van der Waals surface area contributed by atoms with Crippen LogP contribution >= 0.6 is 23.5 Å². The molecule has 0 unspecified atom stereocenters. The first-order chi connectivity index (χ1) is 22.4. The summed E-state index contributed by atoms with van der Waals surface area (Å²) in [4.78, 5) is 58.6. The van der Waals surface area contributed by atoms with Gasteiger partial charge in [-0.15, -0.1) is 11.8 Å². The van der Waals surface area contributed by atoms with Crippen molar-refractivity contribution < 1.29 is 29.0 Å². The van der Waals surface area contributed by atoms with Crippen LogP contribution in [0.25, 0.3) is 10.8 Å². The SMILES string of the molecule is CSC[C@H](NC(=O)COc1cccc2cnccc12)C(=O)N[C@@H](Cc1ccccc1)[C@H](O)C(=O)N1CSC[C@H]1CC(=O)NC(C)(C)C. The van der Waals surface area contributed by atoms with Crippen LogP contribution in [-0.4, -0.2) is 98.6 Å². The van der Waals surface area contributed by atoms with Crippen molar-refractivity contribution in [2.75, 3.05) is 30.2 Å². The second-order valence-electron chi connectivity index (χ2n) is 12.4. The van der Waals surface area contributed by atoms with Crippen molar-refractivity contribution in [1.29, 1.82) is 0 Å². The van der Waals surface area contributed by atoms with Crippen molar-refractivity contribution in [2.45, 2.75) is 63.4 Å². The number of carbonyl (C=O) groups is 4. The molecule has 0 radical (unpaired) electrons. The molecule has 2 aromatic carbocycles. The van der Waals surface area contributed by atoms with Gasteiger partial charge < -0.3 is 30.7 Å². The van der Waals surface area contributed by atoms with Gasteiger partial charge in [0, 0.05) is 46.6 Å². The Morgan fingerprint density at radius 3 is 2.55 bits per heavy atom. The topological polar surface area (TPSA) is 150 Å². The van der Waals surface area contributed by atoms with Crippen molar-refractivity contribution in [3.05, 3.63) is 72.6 Å². The van der Waals surface area contributed by atoms with Gasteiger partial charge in [0.05, 0.1) is 18.0 Å². The van der Waals surface area contributed by atoms with Gasteiger partial charge in [-0.2, -0.15) is 11.8 Å². The maximum atomic E-state index is 13.7. The molecule has 1 aromatic heterocycles. The molecule has 0 bridgehead atoms. The van der Waals surface area contributed by atoms with Crippen LogP contribution < -0.4 is 20.7 Å². The number of carbonyl (C=O) groups excluding carboxylic acids is 4. The molecule has 4 rings (SSSR count). The van der Waals surface area contributed by atoms with Crippen LogP contribution in [0.4, 0.5) is 0 Å². The second-order valence-corrected chi connectivity index (χ2v) is 14.3. The molecular formula is C34H43N5O6S2. The zero-order valence-electron chi connectivity index (χ0n) is 27.1. The van der Waals surface area contributed by atoms with Crippen LogP contribution in [0.1, 0.15) is 32.8 Å². The second kappa shape index (κ2) is 16.8. The minimum atomic E-state index is -1.58. The third-order valence-corrected chi connectivity index (χ3v) is 9.19. The van der Waals surface area contributed by atoms with Crippen LogP contribution in [0.5, 0.6) is 5.75 Å². The van der Waals surface area contributed by atoms with E-state index in [4.69, 9.17) is 4.74 Å². The molecule has 4 atom stereocenters. The highest BCUT2D eigenvalue weighted by Gasteiger charge is 2.38. The predicted molar refractivity (Wildman–Crippen MR) is 186 cm³/mol. The fourth-order valence-electron chi connectivity index (χ4n) is 5.26. The van der Waals surface area contributed by atoms with Crippen LogP contribution in [0, 0.1) is 0 Å². The average Bonchev–Trinajstić information content (AvgIpc) is 3.49. The molecule has 4 N–H and O–H groups in total. The minimum Gasteiger partial charge on any atom is -0.483 e. The molecule has 1 aliphatic rings. The minimum absolute atomic E-state index is 0.109. The van der Waals surface area contributed by atoms with E-state index in [9.17, 15) is 24.3 Å². The lowest BCUT2D eigenvalue weighted by atomic mass is 9.99. The Morgan fingerprint density at radius 2 is 1.83 bits per heavy atom. The third-order valence-electron chi connectivity index (χ3n) is 7.44. The monoisotopic (exact) mass is 681 g/mol. The highest BCUT2D eigenvalue weighted by molar-refractivity contribution is 7.99. The van der Waals surface area contributed by atoms with Gasteiger partial charge in [-0.3, -0.25) is 24.2 Å². The smallest absolute Gasteiger partial charge is 0.258 e. The van der Waals surface area contributed by atoms with E-state index >= 15 is 0 Å². The average molecular weight is 682 g/mol. The van der Waals surface area contributed by atoms with Crippen molar-refractivity contribution in [3.63, 3.8) is 0 Å². The van der Waals surface area contributed by atoms with Crippen LogP contribution in [0.15, 0.2) is 67.0 Å². The largest absolute Gasteiger partial charge is 0.483 e. The quantitative estimate of drug-likeness (QED) is 0.202. The molecule has 0 saturated carbocycles. The van der Waals surface area contributed by atoms with E-state index in [1.54, 1.807) is 24.5 Å². The third kappa shape index (κ3) is 10.6. The molecule has 4 amide bonds. The van der Waals surface area contributed by atoms with E-state index in [1.807, 2.05) is 69.5 Å². The first-order valence-electron chi connectivity index (χ1n) is 15.4. The number of aliphatic hydroxyl groups excluding tert-OH is 1. The number of thioether (sulfide) groups is 2. The summed E-state index contributed by atoms with van der Waals surface area (Å²) in [5.74, 6) is -0.102. The fraction of sp³-hybridized carbons (Fsp3) is 0.441. The number of hydrogen-bond acceptors (Lipinski definition) is 9. The zero-order chi connectivity index (χ0) is 34.0. The van der Waals surface area contributed by atoms with Gasteiger partial charge in [-0.25, -0.2) is 0 Å². The van der Waals surface area contributed by atoms with Gasteiger partial charge in [0.2, 0.25) is 11.8 Å². The summed E-state index contributed by atoms with van der Waals surface area (Å²) in [5, 5.41) is 21.6. The van der Waals surface area contributed by atoms with Gasteiger partial charge in [0.15, 0.2) is 12.7 Å². The normalized spacial score (nSPS) is 16.6. The van der Waals surface area contributed by atoms with Gasteiger partial charge >= 0.3 is 0 Å². The standard InChI is InChI=1S/C34H43N5O6S2/c1-34(2,3)38-29(40)16-24-19-47-21-39(24)33(44)31(42)26(15-22-9-6-5-7-10-22)37-32(43)27(20-46-4)36-30(41)18-45-28-12-8-11-23-17-35-14-13-25(23)28/h5-14,17,24,26-27,31,42H,15-16,18-21H2,1-4H3,(H,36,41)(H,37,43)(H,38,40)/t24-,26+,27+,31+/m1/s1. The van der Waals surface area contributed by atoms with Crippen molar-refractivity contribution in [1.82, 2.24) is 25.8 Å². The number of pyridine rings is 1. The summed E-state index contributed by atoms with van der Waals surface area (Å²) in [6, 6.07) is 14.2. The number of rotatable bonds is 14. The van der Waals surface area contributed by atoms with Crippen molar-refractivity contribution in [2.24, 2.45) is 0 Å². The van der Waals surface area contributed by atoms with Gasteiger partial charge in [0.1, 0.15) is 11.8 Å². The van der Waals surface area contributed by atoms with E-state index < -0.39 is 41.4 Å². The molecule has 13 heteroatoms. The zero-order valence-corrected chi connectivity index (χ0v) is 28.7. The van der Waals surface area contributed by atoms with E-state index in [0.717, 1.165) is 16.3 Å². The first kappa shape index (κ1) is 36.0. The van der Waals surface area contributed by atoms with Crippen LogP contribution in [0.3, 0.4) is 0 Å². The Kier molecular flexibility index (Phi) is 12.9. The maximum Gasteiger partial charge on any atom is 0.258 e. The summed E-state index contributed by atoms with van der Waals surface area (Å²) in [6.07, 6.45) is 3.87. The highest BCUT2D eigenvalue weighted by atomic mass is 32.2. The Hall–Kier alpha value is -3.81. The van der Waals surface area contributed by atoms with Gasteiger partial charge in [0.25, 0.3) is 11.8 Å². The molecule has 0 spiro atoms. The Balaban J connectivity index is 1.44. The molecule has 0 aliphatic carbocycles. The highest BCUT2D eigenvalue weighted by Crippen LogP contribution is 2.26. The molecule has 1 aliphatic heterocycles. The first-order valence-corrected chi connectivity index (χ1v) is 18.0. The number of ether oxygens (including phenoxy) is 1. The molecule has 47 heavy (non-hydrogen) atoms. The molecular weight excluding hydrogens is 639 g/mol. The van der Waals surface area contributed by atoms with E-state index in [1.165, 1.54) is 28.4 Å². The number of benzene rings is 2. The Morgan fingerprint density at radius 1 is 1.06 bits per heavy atom. The molecule has 11 nitrogen and oxygen atoms in total. The fourth-order valence-corrected chi connectivity index (χ4v) is 7.04. The molecule has 2 heterocycles. The number of nitrogens with zero attached hydrogens (tertiary/aromatic N) is 2. The Bertz CT molecular complexity index is 1530. The lowest BCUT2D eigenvalue weighted by Gasteiger charge is -2.31. The molecule has 3 aromatic rings. The van der Waals surface area contributed by atoms with E-state index in [2.05, 4.69) is 20.9 Å². The van der Waals surface area contributed by atoms with E-state index in [0.29, 0.717) is 17.4 Å². The summed E-state index contributed by atoms with van der Waals surface area (Å²) in [7, 11) is 0. The number of aromatic nitrogens is 1. The molecule has 1 saturated heterocycles. The van der Waals surface area contributed by atoms with Gasteiger partial charge in [-0.1, -0.05) is 42.5 Å². The summed E-state index contributed by atoms with van der Waals surface area (Å²) in [5.41, 5.74) is 0.399. The number of aliphatic hydroxyl groups is 1. The lowest BCUT2D eigenvalue weighted by Crippen LogP contribution is -2.58. The maximum absolute atomic E-state index is 13.7.